The fraction of sp³-hybridized carbons (Fsp3) is 0.667. The Morgan fingerprint density at radius 3 is 2.12 bits per heavy atom. The summed E-state index contributed by atoms with van der Waals surface area (Å²) in [7, 11) is 3.49. The van der Waals surface area contributed by atoms with E-state index in [1.165, 1.54) is 5.56 Å². The molecule has 2 heterocycles. The molecule has 1 aromatic rings. The summed E-state index contributed by atoms with van der Waals surface area (Å²) in [5, 5.41) is 3.45. The molecular weight excluding hydrogens is 363 g/mol. The van der Waals surface area contributed by atoms with Crippen molar-refractivity contribution in [3.05, 3.63) is 23.8 Å². The van der Waals surface area contributed by atoms with Gasteiger partial charge in [-0.1, -0.05) is 6.07 Å². The minimum atomic E-state index is 0. The Kier molecular flexibility index (Phi) is 9.90. The maximum absolute atomic E-state index is 5.70. The third kappa shape index (κ3) is 5.14. The predicted molar refractivity (Wildman–Crippen MR) is 105 cm³/mol. The van der Waals surface area contributed by atoms with Gasteiger partial charge in [-0.25, -0.2) is 0 Å². The van der Waals surface area contributed by atoms with Crippen molar-refractivity contribution in [3.63, 3.8) is 0 Å². The number of nitrogens with zero attached hydrogens (tertiary/aromatic N) is 1. The molecule has 0 aromatic heterocycles. The lowest BCUT2D eigenvalue weighted by atomic mass is 9.84. The average Bonchev–Trinajstić information content (AvgIpc) is 2.64. The molecule has 2 fully saturated rings. The first-order chi connectivity index (χ1) is 11.3. The highest BCUT2D eigenvalue weighted by Gasteiger charge is 2.35. The molecule has 1 N–H and O–H groups in total. The molecular formula is C18H30Cl2N2O3. The van der Waals surface area contributed by atoms with Crippen LogP contribution in [0.4, 0.5) is 0 Å². The first kappa shape index (κ1) is 22.3. The topological polar surface area (TPSA) is 43.0 Å². The summed E-state index contributed by atoms with van der Waals surface area (Å²) in [6, 6.07) is 6.42. The number of ether oxygens (including phenoxy) is 3. The van der Waals surface area contributed by atoms with E-state index in [2.05, 4.69) is 10.2 Å². The monoisotopic (exact) mass is 392 g/mol. The number of benzene rings is 1. The number of hydrogen-bond acceptors (Lipinski definition) is 5. The van der Waals surface area contributed by atoms with Gasteiger partial charge in [-0.15, -0.1) is 24.8 Å². The molecule has 0 radical (unpaired) electrons. The van der Waals surface area contributed by atoms with Crippen molar-refractivity contribution in [1.29, 1.82) is 0 Å². The van der Waals surface area contributed by atoms with Gasteiger partial charge in [-0.2, -0.15) is 0 Å². The molecule has 0 amide bonds. The van der Waals surface area contributed by atoms with Crippen LogP contribution in [0.1, 0.15) is 24.4 Å². The Bertz CT molecular complexity index is 467. The number of piperazine rings is 1. The number of hydrogen-bond donors (Lipinski definition) is 1. The molecule has 0 saturated carbocycles. The quantitative estimate of drug-likeness (QED) is 0.834. The summed E-state index contributed by atoms with van der Waals surface area (Å²) in [5.41, 5.74) is 1.20. The summed E-state index contributed by atoms with van der Waals surface area (Å²) < 4.78 is 17.0. The van der Waals surface area contributed by atoms with Crippen molar-refractivity contribution in [2.45, 2.75) is 18.9 Å². The zero-order chi connectivity index (χ0) is 16.1. The van der Waals surface area contributed by atoms with Gasteiger partial charge in [0.1, 0.15) is 11.5 Å². The average molecular weight is 393 g/mol. The van der Waals surface area contributed by atoms with Crippen LogP contribution in [0.3, 0.4) is 0 Å². The molecule has 0 bridgehead atoms. The smallest absolute Gasteiger partial charge is 0.127 e. The van der Waals surface area contributed by atoms with Gasteiger partial charge >= 0.3 is 0 Å². The van der Waals surface area contributed by atoms with Crippen molar-refractivity contribution in [2.75, 3.05) is 53.6 Å². The van der Waals surface area contributed by atoms with E-state index in [-0.39, 0.29) is 24.8 Å². The van der Waals surface area contributed by atoms with Crippen molar-refractivity contribution in [3.8, 4) is 11.5 Å². The largest absolute Gasteiger partial charge is 0.496 e. The lowest BCUT2D eigenvalue weighted by Crippen LogP contribution is -2.47. The van der Waals surface area contributed by atoms with Crippen LogP contribution in [0, 0.1) is 5.92 Å². The summed E-state index contributed by atoms with van der Waals surface area (Å²) >= 11 is 0. The standard InChI is InChI=1S/C18H28N2O3.2ClH/c1-21-15-4-3-5-16(22-2)17(15)18(14-6-12-23-13-7-14)20-10-8-19-9-11-20;;/h3-5,14,18-19H,6-13H2,1-2H3;2*1H/t18-;;/m0../s1. The van der Waals surface area contributed by atoms with Gasteiger partial charge in [0.15, 0.2) is 0 Å². The Hall–Kier alpha value is -0.720. The second-order valence-electron chi connectivity index (χ2n) is 6.26. The van der Waals surface area contributed by atoms with Crippen LogP contribution in [0.2, 0.25) is 0 Å². The summed E-state index contributed by atoms with van der Waals surface area (Å²) in [5.74, 6) is 2.44. The van der Waals surface area contributed by atoms with Gasteiger partial charge in [-0.05, 0) is 30.9 Å². The van der Waals surface area contributed by atoms with Crippen molar-refractivity contribution in [2.24, 2.45) is 5.92 Å². The predicted octanol–water partition coefficient (Wildman–Crippen LogP) is 2.92. The molecule has 25 heavy (non-hydrogen) atoms. The molecule has 1 aromatic carbocycles. The van der Waals surface area contributed by atoms with E-state index in [1.54, 1.807) is 14.2 Å². The molecule has 2 saturated heterocycles. The molecule has 0 spiro atoms. The molecule has 5 nitrogen and oxygen atoms in total. The SMILES string of the molecule is COc1cccc(OC)c1[C@H](C1CCOCC1)N1CCNCC1.Cl.Cl. The molecule has 1 atom stereocenters. The van der Waals surface area contributed by atoms with Crippen LogP contribution >= 0.6 is 24.8 Å². The second-order valence-corrected chi connectivity index (χ2v) is 6.26. The second kappa shape index (κ2) is 11.1. The van der Waals surface area contributed by atoms with E-state index in [4.69, 9.17) is 14.2 Å². The zero-order valence-electron chi connectivity index (χ0n) is 15.0. The van der Waals surface area contributed by atoms with E-state index in [1.807, 2.05) is 18.2 Å². The molecule has 7 heteroatoms. The number of rotatable bonds is 5. The van der Waals surface area contributed by atoms with Crippen LogP contribution in [0.5, 0.6) is 11.5 Å². The third-order valence-corrected chi connectivity index (χ3v) is 5.02. The minimum absolute atomic E-state index is 0. The highest BCUT2D eigenvalue weighted by molar-refractivity contribution is 5.85. The Morgan fingerprint density at radius 2 is 1.60 bits per heavy atom. The molecule has 2 aliphatic heterocycles. The van der Waals surface area contributed by atoms with E-state index in [9.17, 15) is 0 Å². The molecule has 0 aliphatic carbocycles. The van der Waals surface area contributed by atoms with E-state index in [0.717, 1.165) is 63.7 Å². The Morgan fingerprint density at radius 1 is 1.04 bits per heavy atom. The van der Waals surface area contributed by atoms with Gasteiger partial charge in [-0.3, -0.25) is 4.90 Å². The molecule has 2 aliphatic rings. The van der Waals surface area contributed by atoms with Crippen LogP contribution in [-0.2, 0) is 4.74 Å². The van der Waals surface area contributed by atoms with Crippen LogP contribution < -0.4 is 14.8 Å². The zero-order valence-corrected chi connectivity index (χ0v) is 16.7. The fourth-order valence-corrected chi connectivity index (χ4v) is 3.88. The van der Waals surface area contributed by atoms with Crippen LogP contribution in [0.15, 0.2) is 18.2 Å². The molecule has 144 valence electrons. The first-order valence-electron chi connectivity index (χ1n) is 8.58. The fourth-order valence-electron chi connectivity index (χ4n) is 3.88. The van der Waals surface area contributed by atoms with Gasteiger partial charge in [0.05, 0.1) is 19.8 Å². The van der Waals surface area contributed by atoms with Gasteiger partial charge in [0.2, 0.25) is 0 Å². The Balaban J connectivity index is 0.00000156. The summed E-state index contributed by atoms with van der Waals surface area (Å²) in [6.45, 7) is 5.90. The molecule has 3 rings (SSSR count). The van der Waals surface area contributed by atoms with Gasteiger partial charge in [0.25, 0.3) is 0 Å². The normalized spacial score (nSPS) is 20.1. The number of nitrogens with one attached hydrogen (secondary N) is 1. The van der Waals surface area contributed by atoms with Crippen LogP contribution in [-0.4, -0.2) is 58.5 Å². The van der Waals surface area contributed by atoms with E-state index >= 15 is 0 Å². The highest BCUT2D eigenvalue weighted by Crippen LogP contribution is 2.43. The van der Waals surface area contributed by atoms with E-state index < -0.39 is 0 Å². The van der Waals surface area contributed by atoms with Crippen molar-refractivity contribution < 1.29 is 14.2 Å². The van der Waals surface area contributed by atoms with Gasteiger partial charge < -0.3 is 19.5 Å². The van der Waals surface area contributed by atoms with Crippen LogP contribution in [0.25, 0.3) is 0 Å². The Labute approximate surface area is 163 Å². The molecule has 0 unspecified atom stereocenters. The third-order valence-electron chi connectivity index (χ3n) is 5.02. The lowest BCUT2D eigenvalue weighted by molar-refractivity contribution is 0.0199. The summed E-state index contributed by atoms with van der Waals surface area (Å²) in [4.78, 5) is 2.59. The minimum Gasteiger partial charge on any atom is -0.496 e. The lowest BCUT2D eigenvalue weighted by Gasteiger charge is -2.41. The number of methoxy groups -OCH3 is 2. The summed E-state index contributed by atoms with van der Waals surface area (Å²) in [6.07, 6.45) is 2.19. The maximum atomic E-state index is 5.70. The highest BCUT2D eigenvalue weighted by atomic mass is 35.5. The van der Waals surface area contributed by atoms with Crippen molar-refractivity contribution >= 4 is 24.8 Å². The number of halogens is 2. The van der Waals surface area contributed by atoms with E-state index in [0.29, 0.717) is 12.0 Å². The van der Waals surface area contributed by atoms with Crippen molar-refractivity contribution in [1.82, 2.24) is 10.2 Å². The first-order valence-corrected chi connectivity index (χ1v) is 8.58. The maximum Gasteiger partial charge on any atom is 0.127 e. The van der Waals surface area contributed by atoms with Gasteiger partial charge in [0, 0.05) is 45.4 Å².